The number of nitrogens with zero attached hydrogens (tertiary/aromatic N) is 1. The number of ether oxygens (including phenoxy) is 1. The number of likely N-dealkylation sites (N-methyl/N-ethyl adjacent to an activating group) is 1. The van der Waals surface area contributed by atoms with Crippen LogP contribution < -0.4 is 16.0 Å². The molecule has 1 aromatic carbocycles. The molecule has 1 aliphatic heterocycles. The zero-order chi connectivity index (χ0) is 30.3. The molecule has 1 aromatic rings. The van der Waals surface area contributed by atoms with Gasteiger partial charge in [0.15, 0.2) is 0 Å². The number of hydrogen-bond acceptors (Lipinski definition) is 6. The van der Waals surface area contributed by atoms with Crippen molar-refractivity contribution < 1.29 is 28.7 Å². The highest BCUT2D eigenvalue weighted by molar-refractivity contribution is 6.51. The first-order valence-electron chi connectivity index (χ1n) is 14.0. The van der Waals surface area contributed by atoms with E-state index in [9.17, 15) is 24.0 Å². The van der Waals surface area contributed by atoms with E-state index in [1.165, 1.54) is 11.9 Å². The largest absolute Gasteiger partial charge is 0.444 e. The standard InChI is InChI=1S/C29H38Cl2N4O6/c1-6-9-19(23(36)25(38)32-5)33-24(37)22-20-18(29(20,30)31)14-35(22)26(39)21(34-27(40)41-28(2,3)4)17-12-15-10-7-8-11-16(15)13-17/h7-8,10-11,17-22H,6,9,12-14H2,1-5H3,(H,32,38)(H,33,37)(H,34,40)/t18-,19?,20-,21-,22-/m0/s1. The average Bonchev–Trinajstić information content (AvgIpc) is 3.28. The van der Waals surface area contributed by atoms with E-state index in [1.54, 1.807) is 20.8 Å². The Balaban J connectivity index is 1.60. The average molecular weight is 610 g/mol. The molecule has 2 fully saturated rings. The highest BCUT2D eigenvalue weighted by Gasteiger charge is 2.74. The number of fused-ring (bicyclic) bond motifs is 2. The molecular formula is C29H38Cl2N4O6. The summed E-state index contributed by atoms with van der Waals surface area (Å²) in [5, 5.41) is 7.75. The van der Waals surface area contributed by atoms with E-state index in [0.29, 0.717) is 19.3 Å². The van der Waals surface area contributed by atoms with Crippen LogP contribution in [0.1, 0.15) is 51.7 Å². The van der Waals surface area contributed by atoms with E-state index in [-0.39, 0.29) is 24.8 Å². The number of amides is 4. The number of alkyl carbamates (subject to hydrolysis) is 1. The Morgan fingerprint density at radius 2 is 1.68 bits per heavy atom. The van der Waals surface area contributed by atoms with Crippen LogP contribution in [-0.2, 0) is 36.8 Å². The predicted molar refractivity (Wildman–Crippen MR) is 153 cm³/mol. The third kappa shape index (κ3) is 6.48. The van der Waals surface area contributed by atoms with E-state index < -0.39 is 63.6 Å². The molecule has 1 saturated heterocycles. The van der Waals surface area contributed by atoms with Crippen molar-refractivity contribution in [1.29, 1.82) is 0 Å². The Bertz CT molecular complexity index is 1210. The van der Waals surface area contributed by atoms with Gasteiger partial charge in [-0.05, 0) is 57.1 Å². The van der Waals surface area contributed by atoms with Crippen molar-refractivity contribution in [2.45, 2.75) is 81.4 Å². The lowest BCUT2D eigenvalue weighted by Gasteiger charge is -2.35. The third-order valence-corrected chi connectivity index (χ3v) is 9.10. The zero-order valence-electron chi connectivity index (χ0n) is 24.0. The predicted octanol–water partition coefficient (Wildman–Crippen LogP) is 2.53. The molecule has 3 aliphatic rings. The number of hydrogen-bond donors (Lipinski definition) is 3. The number of rotatable bonds is 9. The molecule has 1 heterocycles. The Labute approximate surface area is 250 Å². The fourth-order valence-corrected chi connectivity index (χ4v) is 6.88. The molecule has 1 unspecified atom stereocenters. The summed E-state index contributed by atoms with van der Waals surface area (Å²) < 4.78 is 4.27. The number of halogens is 2. The van der Waals surface area contributed by atoms with Crippen LogP contribution in [0, 0.1) is 17.8 Å². The molecule has 12 heteroatoms. The topological polar surface area (TPSA) is 134 Å². The monoisotopic (exact) mass is 608 g/mol. The second kappa shape index (κ2) is 11.8. The summed E-state index contributed by atoms with van der Waals surface area (Å²) >= 11 is 13.0. The minimum absolute atomic E-state index is 0.114. The number of ketones is 1. The van der Waals surface area contributed by atoms with Gasteiger partial charge in [-0.2, -0.15) is 0 Å². The Kier molecular flexibility index (Phi) is 8.95. The van der Waals surface area contributed by atoms with Crippen molar-refractivity contribution in [3.8, 4) is 0 Å². The van der Waals surface area contributed by atoms with Crippen molar-refractivity contribution in [2.75, 3.05) is 13.6 Å². The minimum Gasteiger partial charge on any atom is -0.444 e. The highest BCUT2D eigenvalue weighted by atomic mass is 35.5. The number of piperidine rings is 1. The molecule has 0 spiro atoms. The molecule has 1 saturated carbocycles. The maximum atomic E-state index is 14.2. The maximum Gasteiger partial charge on any atom is 0.408 e. The lowest BCUT2D eigenvalue weighted by molar-refractivity contribution is -0.144. The normalized spacial score (nSPS) is 24.0. The molecule has 2 aliphatic carbocycles. The smallest absolute Gasteiger partial charge is 0.408 e. The van der Waals surface area contributed by atoms with Crippen LogP contribution in [0.3, 0.4) is 0 Å². The van der Waals surface area contributed by atoms with E-state index >= 15 is 0 Å². The molecule has 10 nitrogen and oxygen atoms in total. The van der Waals surface area contributed by atoms with Crippen molar-refractivity contribution in [3.05, 3.63) is 35.4 Å². The van der Waals surface area contributed by atoms with Crippen LogP contribution >= 0.6 is 23.2 Å². The number of likely N-dealkylation sites (tertiary alicyclic amines) is 1. The van der Waals surface area contributed by atoms with Gasteiger partial charge in [0, 0.05) is 25.4 Å². The summed E-state index contributed by atoms with van der Waals surface area (Å²) in [5.74, 6) is -3.85. The Morgan fingerprint density at radius 3 is 2.22 bits per heavy atom. The van der Waals surface area contributed by atoms with E-state index in [2.05, 4.69) is 16.0 Å². The number of carbonyl (C=O) groups excluding carboxylic acids is 5. The van der Waals surface area contributed by atoms with E-state index in [1.807, 2.05) is 31.2 Å². The van der Waals surface area contributed by atoms with Gasteiger partial charge < -0.3 is 25.6 Å². The van der Waals surface area contributed by atoms with Gasteiger partial charge in [0.25, 0.3) is 5.91 Å². The summed E-state index contributed by atoms with van der Waals surface area (Å²) in [6.45, 7) is 7.14. The summed E-state index contributed by atoms with van der Waals surface area (Å²) in [6.07, 6.45) is 1.16. The molecule has 41 heavy (non-hydrogen) atoms. The van der Waals surface area contributed by atoms with Crippen LogP contribution in [0.25, 0.3) is 0 Å². The summed E-state index contributed by atoms with van der Waals surface area (Å²) in [6, 6.07) is 4.73. The van der Waals surface area contributed by atoms with Crippen LogP contribution in [0.5, 0.6) is 0 Å². The van der Waals surface area contributed by atoms with Crippen LogP contribution in [-0.4, -0.2) is 76.2 Å². The summed E-state index contributed by atoms with van der Waals surface area (Å²) in [5.41, 5.74) is 1.40. The lowest BCUT2D eigenvalue weighted by Crippen LogP contribution is -2.60. The van der Waals surface area contributed by atoms with Gasteiger partial charge in [-0.1, -0.05) is 37.6 Å². The first kappa shape index (κ1) is 31.1. The van der Waals surface area contributed by atoms with Gasteiger partial charge in [-0.15, -0.1) is 23.2 Å². The SMILES string of the molecule is CCCC(NC(=O)[C@@H]1[C@@H]2[C@H](CN1C(=O)[C@@H](NC(=O)OC(C)(C)C)C1Cc3ccccc3C1)C2(Cl)Cl)C(=O)C(=O)NC. The first-order valence-corrected chi connectivity index (χ1v) is 14.8. The van der Waals surface area contributed by atoms with Crippen LogP contribution in [0.4, 0.5) is 4.79 Å². The van der Waals surface area contributed by atoms with Gasteiger partial charge in [-0.25, -0.2) is 4.79 Å². The number of benzene rings is 1. The first-order chi connectivity index (χ1) is 19.2. The Hall–Kier alpha value is -2.85. The minimum atomic E-state index is -1.21. The van der Waals surface area contributed by atoms with Crippen LogP contribution in [0.15, 0.2) is 24.3 Å². The summed E-state index contributed by atoms with van der Waals surface area (Å²) in [7, 11) is 1.34. The van der Waals surface area contributed by atoms with E-state index in [4.69, 9.17) is 27.9 Å². The Morgan fingerprint density at radius 1 is 1.07 bits per heavy atom. The molecule has 0 radical (unpaired) electrons. The van der Waals surface area contributed by atoms with Crippen molar-refractivity contribution in [1.82, 2.24) is 20.9 Å². The van der Waals surface area contributed by atoms with Crippen molar-refractivity contribution in [3.63, 3.8) is 0 Å². The van der Waals surface area contributed by atoms with Crippen molar-refractivity contribution in [2.24, 2.45) is 17.8 Å². The summed E-state index contributed by atoms with van der Waals surface area (Å²) in [4.78, 5) is 66.9. The number of alkyl halides is 2. The molecule has 224 valence electrons. The number of carbonyl (C=O) groups is 5. The molecule has 3 N–H and O–H groups in total. The fourth-order valence-electron chi connectivity index (χ4n) is 6.05. The quantitative estimate of drug-likeness (QED) is 0.291. The van der Waals surface area contributed by atoms with Crippen LogP contribution in [0.2, 0.25) is 0 Å². The van der Waals surface area contributed by atoms with Gasteiger partial charge in [0.2, 0.25) is 17.6 Å². The second-order valence-corrected chi connectivity index (χ2v) is 13.5. The molecule has 5 atom stereocenters. The van der Waals surface area contributed by atoms with Gasteiger partial charge in [0.05, 0.1) is 6.04 Å². The van der Waals surface area contributed by atoms with E-state index in [0.717, 1.165) is 11.1 Å². The van der Waals surface area contributed by atoms with Gasteiger partial charge in [0.1, 0.15) is 22.0 Å². The molecular weight excluding hydrogens is 571 g/mol. The van der Waals surface area contributed by atoms with Crippen molar-refractivity contribution >= 4 is 52.8 Å². The fraction of sp³-hybridized carbons (Fsp3) is 0.621. The number of nitrogens with one attached hydrogen (secondary N) is 3. The molecule has 4 rings (SSSR count). The number of Topliss-reactive ketones (excluding diaryl/α,β-unsaturated/α-hetero) is 1. The molecule has 4 amide bonds. The maximum absolute atomic E-state index is 14.2. The third-order valence-electron chi connectivity index (χ3n) is 8.04. The molecule has 0 bridgehead atoms. The zero-order valence-corrected chi connectivity index (χ0v) is 25.5. The second-order valence-electron chi connectivity index (χ2n) is 12.1. The molecule has 0 aromatic heterocycles. The van der Waals surface area contributed by atoms with Gasteiger partial charge in [-0.3, -0.25) is 19.2 Å². The lowest BCUT2D eigenvalue weighted by atomic mass is 9.94. The van der Waals surface area contributed by atoms with Gasteiger partial charge >= 0.3 is 6.09 Å². The highest BCUT2D eigenvalue weighted by Crippen LogP contribution is 2.65.